The number of rotatable bonds is 14. The highest BCUT2D eigenvalue weighted by Crippen LogP contribution is 2.43. The Hall–Kier alpha value is -0.360. The maximum atomic E-state index is 12.6. The summed E-state index contributed by atoms with van der Waals surface area (Å²) in [6.07, 6.45) is 13.3. The van der Waals surface area contributed by atoms with Crippen LogP contribution in [0.25, 0.3) is 0 Å². The standard InChI is InChI=1S/C26H49O2P/c1-9-21(19-29)18-20(2)26(8,15-10-12-22-13-14-22)16-11-17-28-23(27)25(6,7)24(3,4)5/h13,20-21H,9-12,14-19,29H2,1-8H3. The molecule has 0 spiro atoms. The van der Waals surface area contributed by atoms with Crippen molar-refractivity contribution >= 4 is 15.2 Å². The maximum Gasteiger partial charge on any atom is 0.312 e. The molecule has 0 aliphatic heterocycles. The number of carbonyl (C=O) groups excluding carboxylic acids is 1. The molecular formula is C26H49O2P. The van der Waals surface area contributed by atoms with E-state index in [-0.39, 0.29) is 11.4 Å². The lowest BCUT2D eigenvalue weighted by Gasteiger charge is -2.38. The Kier molecular flexibility index (Phi) is 10.4. The van der Waals surface area contributed by atoms with Gasteiger partial charge in [-0.15, -0.1) is 9.24 Å². The van der Waals surface area contributed by atoms with Gasteiger partial charge < -0.3 is 4.74 Å². The fraction of sp³-hybridized carbons (Fsp3) is 0.885. The van der Waals surface area contributed by atoms with Crippen molar-refractivity contribution in [1.82, 2.24) is 0 Å². The van der Waals surface area contributed by atoms with Gasteiger partial charge in [-0.05, 0) is 87.6 Å². The van der Waals surface area contributed by atoms with Gasteiger partial charge in [-0.2, -0.15) is 0 Å². The molecule has 2 nitrogen and oxygen atoms in total. The fourth-order valence-corrected chi connectivity index (χ4v) is 4.48. The van der Waals surface area contributed by atoms with Gasteiger partial charge in [0.05, 0.1) is 12.0 Å². The quantitative estimate of drug-likeness (QED) is 0.123. The lowest BCUT2D eigenvalue weighted by atomic mass is 9.68. The van der Waals surface area contributed by atoms with Crippen molar-refractivity contribution in [3.63, 3.8) is 0 Å². The van der Waals surface area contributed by atoms with Gasteiger partial charge in [0.25, 0.3) is 0 Å². The molecule has 3 heteroatoms. The van der Waals surface area contributed by atoms with Gasteiger partial charge in [-0.25, -0.2) is 0 Å². The Bertz CT molecular complexity index is 539. The molecule has 0 aromatic heterocycles. The molecule has 0 bridgehead atoms. The van der Waals surface area contributed by atoms with Crippen molar-refractivity contribution in [2.75, 3.05) is 12.8 Å². The summed E-state index contributed by atoms with van der Waals surface area (Å²) in [6.45, 7) is 18.1. The number of carbonyl (C=O) groups is 1. The summed E-state index contributed by atoms with van der Waals surface area (Å²) < 4.78 is 5.73. The van der Waals surface area contributed by atoms with Gasteiger partial charge in [-0.3, -0.25) is 4.79 Å². The zero-order chi connectivity index (χ0) is 22.3. The van der Waals surface area contributed by atoms with Crippen LogP contribution in [0.5, 0.6) is 0 Å². The number of esters is 1. The van der Waals surface area contributed by atoms with Crippen molar-refractivity contribution in [2.45, 2.75) is 107 Å². The van der Waals surface area contributed by atoms with Crippen molar-refractivity contribution in [2.24, 2.45) is 28.1 Å². The second kappa shape index (κ2) is 11.3. The average molecular weight is 425 g/mol. The van der Waals surface area contributed by atoms with Crippen LogP contribution >= 0.6 is 9.24 Å². The molecule has 29 heavy (non-hydrogen) atoms. The minimum absolute atomic E-state index is 0.0607. The molecular weight excluding hydrogens is 375 g/mol. The van der Waals surface area contributed by atoms with Crippen molar-refractivity contribution in [1.29, 1.82) is 0 Å². The van der Waals surface area contributed by atoms with Crippen LogP contribution in [0.1, 0.15) is 107 Å². The lowest BCUT2D eigenvalue weighted by Crippen LogP contribution is -2.39. The molecule has 170 valence electrons. The van der Waals surface area contributed by atoms with E-state index in [0.717, 1.165) is 18.8 Å². The normalized spacial score (nSPS) is 18.6. The molecule has 1 aliphatic carbocycles. The van der Waals surface area contributed by atoms with E-state index < -0.39 is 5.41 Å². The van der Waals surface area contributed by atoms with Gasteiger partial charge in [-0.1, -0.05) is 59.6 Å². The predicted octanol–water partition coefficient (Wildman–Crippen LogP) is 7.82. The molecule has 0 heterocycles. The van der Waals surface area contributed by atoms with Crippen LogP contribution in [0.4, 0.5) is 0 Å². The Morgan fingerprint density at radius 3 is 2.21 bits per heavy atom. The number of hydrogen-bond donors (Lipinski definition) is 0. The summed E-state index contributed by atoms with van der Waals surface area (Å²) in [5.74, 6) is 1.43. The fourth-order valence-electron chi connectivity index (χ4n) is 3.95. The van der Waals surface area contributed by atoms with E-state index in [1.807, 2.05) is 13.8 Å². The summed E-state index contributed by atoms with van der Waals surface area (Å²) in [4.78, 5) is 12.6. The topological polar surface area (TPSA) is 26.3 Å². The highest BCUT2D eigenvalue weighted by molar-refractivity contribution is 7.16. The maximum absolute atomic E-state index is 12.6. The van der Waals surface area contributed by atoms with E-state index in [0.29, 0.717) is 17.9 Å². The first-order valence-electron chi connectivity index (χ1n) is 11.9. The van der Waals surface area contributed by atoms with Gasteiger partial charge in [0, 0.05) is 0 Å². The molecule has 0 aromatic carbocycles. The monoisotopic (exact) mass is 424 g/mol. The highest BCUT2D eigenvalue weighted by atomic mass is 31.0. The molecule has 0 N–H and O–H groups in total. The van der Waals surface area contributed by atoms with E-state index >= 15 is 0 Å². The molecule has 0 amide bonds. The number of ether oxygens (including phenoxy) is 1. The Morgan fingerprint density at radius 1 is 1.14 bits per heavy atom. The first-order chi connectivity index (χ1) is 13.4. The van der Waals surface area contributed by atoms with Gasteiger partial charge in [0.2, 0.25) is 0 Å². The van der Waals surface area contributed by atoms with E-state index in [2.05, 4.69) is 56.9 Å². The van der Waals surface area contributed by atoms with E-state index in [4.69, 9.17) is 4.74 Å². The minimum atomic E-state index is -0.464. The molecule has 0 saturated carbocycles. The predicted molar refractivity (Wildman–Crippen MR) is 130 cm³/mol. The van der Waals surface area contributed by atoms with Crippen LogP contribution in [-0.4, -0.2) is 18.7 Å². The molecule has 0 saturated heterocycles. The third kappa shape index (κ3) is 8.35. The van der Waals surface area contributed by atoms with Crippen molar-refractivity contribution in [3.8, 4) is 0 Å². The van der Waals surface area contributed by atoms with Crippen LogP contribution in [-0.2, 0) is 9.53 Å². The highest BCUT2D eigenvalue weighted by Gasteiger charge is 2.41. The van der Waals surface area contributed by atoms with Crippen molar-refractivity contribution in [3.05, 3.63) is 11.6 Å². The van der Waals surface area contributed by atoms with Crippen LogP contribution in [0.3, 0.4) is 0 Å². The molecule has 1 rings (SSSR count). The van der Waals surface area contributed by atoms with Crippen LogP contribution < -0.4 is 0 Å². The number of allylic oxidation sites excluding steroid dienone is 2. The van der Waals surface area contributed by atoms with Gasteiger partial charge in [0.15, 0.2) is 0 Å². The van der Waals surface area contributed by atoms with Gasteiger partial charge in [0.1, 0.15) is 0 Å². The summed E-state index contributed by atoms with van der Waals surface area (Å²) in [5.41, 5.74) is 1.41. The van der Waals surface area contributed by atoms with Crippen LogP contribution in [0.2, 0.25) is 0 Å². The zero-order valence-electron chi connectivity index (χ0n) is 20.7. The lowest BCUT2D eigenvalue weighted by molar-refractivity contribution is -0.160. The largest absolute Gasteiger partial charge is 0.465 e. The third-order valence-corrected chi connectivity index (χ3v) is 8.70. The van der Waals surface area contributed by atoms with Crippen LogP contribution in [0.15, 0.2) is 11.6 Å². The zero-order valence-corrected chi connectivity index (χ0v) is 21.9. The molecule has 4 unspecified atom stereocenters. The first kappa shape index (κ1) is 26.7. The second-order valence-corrected chi connectivity index (χ2v) is 11.8. The summed E-state index contributed by atoms with van der Waals surface area (Å²) in [7, 11) is 2.94. The smallest absolute Gasteiger partial charge is 0.312 e. The number of hydrogen-bond acceptors (Lipinski definition) is 2. The molecule has 0 radical (unpaired) electrons. The summed E-state index contributed by atoms with van der Waals surface area (Å²) in [6, 6.07) is 0. The van der Waals surface area contributed by atoms with E-state index in [1.165, 1.54) is 44.7 Å². The van der Waals surface area contributed by atoms with E-state index in [1.54, 1.807) is 5.57 Å². The average Bonchev–Trinajstić information content (AvgIpc) is 3.46. The summed E-state index contributed by atoms with van der Waals surface area (Å²) >= 11 is 0. The van der Waals surface area contributed by atoms with Gasteiger partial charge >= 0.3 is 5.97 Å². The van der Waals surface area contributed by atoms with E-state index in [9.17, 15) is 4.79 Å². The molecule has 1 aliphatic rings. The molecule has 0 aromatic rings. The Balaban J connectivity index is 2.61. The minimum Gasteiger partial charge on any atom is -0.465 e. The summed E-state index contributed by atoms with van der Waals surface area (Å²) in [5, 5.41) is 0. The van der Waals surface area contributed by atoms with Crippen molar-refractivity contribution < 1.29 is 9.53 Å². The SMILES string of the molecule is CCC(CP)CC(C)C(C)(CCCOC(=O)C(C)(C)C(C)(C)C)CCCC1=CC1. The Labute approximate surface area is 184 Å². The Morgan fingerprint density at radius 2 is 1.72 bits per heavy atom. The molecule has 0 fully saturated rings. The second-order valence-electron chi connectivity index (χ2n) is 11.3. The third-order valence-electron chi connectivity index (χ3n) is 8.04. The first-order valence-corrected chi connectivity index (χ1v) is 12.7. The van der Waals surface area contributed by atoms with Crippen LogP contribution in [0, 0.1) is 28.1 Å². The molecule has 4 atom stereocenters.